The molecule has 0 atom stereocenters. The van der Waals surface area contributed by atoms with Crippen molar-refractivity contribution in [2.24, 2.45) is 0 Å². The molecule has 34 heavy (non-hydrogen) atoms. The summed E-state index contributed by atoms with van der Waals surface area (Å²) in [6.07, 6.45) is 1.76. The molecular weight excluding hydrogens is 588 g/mol. The molecule has 4 rings (SSSR count). The molecule has 174 valence electrons. The van der Waals surface area contributed by atoms with Gasteiger partial charge >= 0.3 is 0 Å². The van der Waals surface area contributed by atoms with Crippen LogP contribution in [0.15, 0.2) is 65.6 Å². The molecule has 5 nitrogen and oxygen atoms in total. The SMILES string of the molecule is COc1ccccc1N1C(=O)/C(=C\c2cc(I)c(OCc3ccccc3F)c(OC)c2)SC1=S. The second-order valence-electron chi connectivity index (χ2n) is 7.10. The maximum Gasteiger partial charge on any atom is 0.270 e. The van der Waals surface area contributed by atoms with Crippen LogP contribution in [0.2, 0.25) is 0 Å². The third-order valence-electron chi connectivity index (χ3n) is 5.00. The van der Waals surface area contributed by atoms with E-state index < -0.39 is 0 Å². The van der Waals surface area contributed by atoms with Crippen molar-refractivity contribution in [3.8, 4) is 17.2 Å². The Morgan fingerprint density at radius 3 is 2.50 bits per heavy atom. The van der Waals surface area contributed by atoms with Gasteiger partial charge in [0.2, 0.25) is 0 Å². The smallest absolute Gasteiger partial charge is 0.270 e. The van der Waals surface area contributed by atoms with Gasteiger partial charge in [0.05, 0.1) is 28.4 Å². The first kappa shape index (κ1) is 24.5. The third kappa shape index (κ3) is 5.06. The lowest BCUT2D eigenvalue weighted by atomic mass is 10.1. The predicted molar refractivity (Wildman–Crippen MR) is 145 cm³/mol. The van der Waals surface area contributed by atoms with E-state index in [4.69, 9.17) is 26.4 Å². The monoisotopic (exact) mass is 607 g/mol. The fourth-order valence-electron chi connectivity index (χ4n) is 3.37. The molecule has 0 aromatic heterocycles. The Labute approximate surface area is 220 Å². The number of ether oxygens (including phenoxy) is 3. The van der Waals surface area contributed by atoms with Crippen LogP contribution in [0, 0.1) is 9.39 Å². The molecule has 0 spiro atoms. The molecule has 1 amide bonds. The maximum absolute atomic E-state index is 14.0. The van der Waals surface area contributed by atoms with E-state index in [1.165, 1.54) is 29.8 Å². The molecule has 0 N–H and O–H groups in total. The molecule has 0 radical (unpaired) electrons. The van der Waals surface area contributed by atoms with Gasteiger partial charge in [0.25, 0.3) is 5.91 Å². The van der Waals surface area contributed by atoms with Crippen molar-refractivity contribution in [2.75, 3.05) is 19.1 Å². The molecular formula is C25H19FINO4S2. The summed E-state index contributed by atoms with van der Waals surface area (Å²) in [7, 11) is 3.09. The van der Waals surface area contributed by atoms with Crippen LogP contribution in [0.25, 0.3) is 6.08 Å². The van der Waals surface area contributed by atoms with Crippen LogP contribution in [0.3, 0.4) is 0 Å². The van der Waals surface area contributed by atoms with Gasteiger partial charge in [-0.15, -0.1) is 0 Å². The predicted octanol–water partition coefficient (Wildman–Crippen LogP) is 6.43. The maximum atomic E-state index is 14.0. The van der Waals surface area contributed by atoms with Crippen molar-refractivity contribution < 1.29 is 23.4 Å². The van der Waals surface area contributed by atoms with Crippen molar-refractivity contribution in [3.63, 3.8) is 0 Å². The Morgan fingerprint density at radius 1 is 1.06 bits per heavy atom. The Kier molecular flexibility index (Phi) is 7.74. The molecule has 0 unspecified atom stereocenters. The van der Waals surface area contributed by atoms with Crippen molar-refractivity contribution in [1.82, 2.24) is 0 Å². The number of benzene rings is 3. The second kappa shape index (κ2) is 10.7. The van der Waals surface area contributed by atoms with E-state index >= 15 is 0 Å². The van der Waals surface area contributed by atoms with Crippen molar-refractivity contribution in [1.29, 1.82) is 0 Å². The number of hydrogen-bond acceptors (Lipinski definition) is 6. The summed E-state index contributed by atoms with van der Waals surface area (Å²) < 4.78 is 31.9. The van der Waals surface area contributed by atoms with Crippen molar-refractivity contribution in [3.05, 3.63) is 86.1 Å². The Morgan fingerprint density at radius 2 is 1.76 bits per heavy atom. The number of nitrogens with zero attached hydrogens (tertiary/aromatic N) is 1. The van der Waals surface area contributed by atoms with E-state index in [1.54, 1.807) is 49.6 Å². The minimum Gasteiger partial charge on any atom is -0.495 e. The molecule has 0 bridgehead atoms. The topological polar surface area (TPSA) is 48.0 Å². The highest BCUT2D eigenvalue weighted by Gasteiger charge is 2.35. The second-order valence-corrected chi connectivity index (χ2v) is 9.94. The highest BCUT2D eigenvalue weighted by atomic mass is 127. The van der Waals surface area contributed by atoms with Gasteiger partial charge in [-0.2, -0.15) is 0 Å². The van der Waals surface area contributed by atoms with Crippen LogP contribution in [-0.2, 0) is 11.4 Å². The normalized spacial score (nSPS) is 14.6. The Hall–Kier alpha value is -2.63. The number of carbonyl (C=O) groups excluding carboxylic acids is 1. The first-order valence-corrected chi connectivity index (χ1v) is 12.4. The number of anilines is 1. The van der Waals surface area contributed by atoms with E-state index in [1.807, 2.05) is 18.2 Å². The number of hydrogen-bond donors (Lipinski definition) is 0. The van der Waals surface area contributed by atoms with Crippen LogP contribution in [0.5, 0.6) is 17.2 Å². The first-order chi connectivity index (χ1) is 16.4. The van der Waals surface area contributed by atoms with Gasteiger partial charge in [0.15, 0.2) is 15.8 Å². The van der Waals surface area contributed by atoms with Gasteiger partial charge in [0.1, 0.15) is 18.2 Å². The van der Waals surface area contributed by atoms with Gasteiger partial charge in [-0.1, -0.05) is 54.3 Å². The lowest BCUT2D eigenvalue weighted by Crippen LogP contribution is -2.27. The molecule has 9 heteroatoms. The van der Waals surface area contributed by atoms with E-state index in [9.17, 15) is 9.18 Å². The first-order valence-electron chi connectivity index (χ1n) is 10.1. The zero-order valence-corrected chi connectivity index (χ0v) is 22.0. The summed E-state index contributed by atoms with van der Waals surface area (Å²) in [5, 5.41) is 0. The lowest BCUT2D eigenvalue weighted by Gasteiger charge is -2.17. The third-order valence-corrected chi connectivity index (χ3v) is 7.10. The summed E-state index contributed by atoms with van der Waals surface area (Å²) in [5.74, 6) is 0.992. The number of halogens is 2. The van der Waals surface area contributed by atoms with Crippen LogP contribution in [0.4, 0.5) is 10.1 Å². The highest BCUT2D eigenvalue weighted by molar-refractivity contribution is 14.1. The minimum absolute atomic E-state index is 0.0654. The van der Waals surface area contributed by atoms with E-state index in [0.717, 1.165) is 9.13 Å². The number of thioether (sulfide) groups is 1. The van der Waals surface area contributed by atoms with Crippen molar-refractivity contribution >= 4 is 68.6 Å². The highest BCUT2D eigenvalue weighted by Crippen LogP contribution is 2.41. The molecule has 3 aromatic rings. The summed E-state index contributed by atoms with van der Waals surface area (Å²) in [5.41, 5.74) is 1.80. The lowest BCUT2D eigenvalue weighted by molar-refractivity contribution is -0.113. The molecule has 1 fully saturated rings. The number of para-hydroxylation sites is 2. The molecule has 3 aromatic carbocycles. The summed E-state index contributed by atoms with van der Waals surface area (Å²) >= 11 is 8.83. The minimum atomic E-state index is -0.329. The van der Waals surface area contributed by atoms with E-state index in [0.29, 0.717) is 37.7 Å². The van der Waals surface area contributed by atoms with Gasteiger partial charge in [0, 0.05) is 5.56 Å². The quantitative estimate of drug-likeness (QED) is 0.175. The van der Waals surface area contributed by atoms with Crippen LogP contribution in [-0.4, -0.2) is 24.4 Å². The Bertz CT molecular complexity index is 1300. The number of carbonyl (C=O) groups is 1. The fraction of sp³-hybridized carbons (Fsp3) is 0.120. The number of amides is 1. The summed E-state index contributed by atoms with van der Waals surface area (Å²) in [4.78, 5) is 15.1. The van der Waals surface area contributed by atoms with Gasteiger partial charge < -0.3 is 14.2 Å². The zero-order valence-electron chi connectivity index (χ0n) is 18.2. The average Bonchev–Trinajstić information content (AvgIpc) is 3.11. The van der Waals surface area contributed by atoms with E-state index in [-0.39, 0.29) is 18.3 Å². The fourth-order valence-corrected chi connectivity index (χ4v) is 5.44. The van der Waals surface area contributed by atoms with Crippen LogP contribution < -0.4 is 19.1 Å². The number of rotatable bonds is 7. The molecule has 1 heterocycles. The van der Waals surface area contributed by atoms with Gasteiger partial charge in [-0.05, 0) is 64.6 Å². The Balaban J connectivity index is 1.60. The van der Waals surface area contributed by atoms with E-state index in [2.05, 4.69) is 22.6 Å². The summed E-state index contributed by atoms with van der Waals surface area (Å²) in [6.45, 7) is 0.0654. The molecule has 1 aliphatic rings. The standard InChI is InChI=1S/C25H19FINO4S2/c1-30-20-10-6-5-9-19(20)28-24(29)22(34-25(28)33)13-15-11-18(27)23(21(12-15)31-2)32-14-16-7-3-4-8-17(16)26/h3-13H,14H2,1-2H3/b22-13+. The van der Waals surface area contributed by atoms with Gasteiger partial charge in [-0.25, -0.2) is 4.39 Å². The molecule has 1 aliphatic heterocycles. The van der Waals surface area contributed by atoms with Crippen LogP contribution >= 0.6 is 46.6 Å². The number of thiocarbonyl (C=S) groups is 1. The van der Waals surface area contributed by atoms with Gasteiger partial charge in [-0.3, -0.25) is 9.69 Å². The number of methoxy groups -OCH3 is 2. The largest absolute Gasteiger partial charge is 0.495 e. The molecule has 0 saturated carbocycles. The van der Waals surface area contributed by atoms with Crippen molar-refractivity contribution in [2.45, 2.75) is 6.61 Å². The molecule has 1 saturated heterocycles. The zero-order chi connectivity index (χ0) is 24.2. The summed E-state index contributed by atoms with van der Waals surface area (Å²) in [6, 6.07) is 17.3. The average molecular weight is 607 g/mol. The van der Waals surface area contributed by atoms with Crippen LogP contribution in [0.1, 0.15) is 11.1 Å². The molecule has 0 aliphatic carbocycles.